The third-order valence-electron chi connectivity index (χ3n) is 2.84. The number of nitrogens with zero attached hydrogens (tertiary/aromatic N) is 1. The first-order valence-electron chi connectivity index (χ1n) is 5.29. The van der Waals surface area contributed by atoms with Crippen LogP contribution in [-0.4, -0.2) is 33.0 Å². The van der Waals surface area contributed by atoms with Crippen molar-refractivity contribution in [2.45, 2.75) is 0 Å². The van der Waals surface area contributed by atoms with E-state index in [0.29, 0.717) is 6.79 Å². The number of piperazine rings is 1. The fourth-order valence-corrected chi connectivity index (χ4v) is 2.00. The number of anilines is 1. The number of hydrogen-bond donors (Lipinski definition) is 1. The van der Waals surface area contributed by atoms with E-state index in [4.69, 9.17) is 9.47 Å². The molecule has 1 fully saturated rings. The van der Waals surface area contributed by atoms with Gasteiger partial charge in [0.25, 0.3) is 0 Å². The van der Waals surface area contributed by atoms with E-state index >= 15 is 0 Å². The molecule has 0 atom stereocenters. The van der Waals surface area contributed by atoms with Crippen LogP contribution < -0.4 is 19.7 Å². The van der Waals surface area contributed by atoms with Crippen molar-refractivity contribution in [3.8, 4) is 11.5 Å². The van der Waals surface area contributed by atoms with Gasteiger partial charge in [0.05, 0.1) is 0 Å². The van der Waals surface area contributed by atoms with E-state index in [1.54, 1.807) is 0 Å². The Labute approximate surface area is 101 Å². The highest BCUT2D eigenvalue weighted by Gasteiger charge is 2.16. The monoisotopic (exact) mass is 242 g/mol. The summed E-state index contributed by atoms with van der Waals surface area (Å²) in [5.41, 5.74) is 1.22. The van der Waals surface area contributed by atoms with Gasteiger partial charge >= 0.3 is 0 Å². The Bertz CT molecular complexity index is 367. The predicted octanol–water partition coefficient (Wildman–Crippen LogP) is 1.25. The van der Waals surface area contributed by atoms with E-state index in [2.05, 4.69) is 22.3 Å². The van der Waals surface area contributed by atoms with Gasteiger partial charge in [0.1, 0.15) is 0 Å². The van der Waals surface area contributed by atoms with Crippen LogP contribution in [0.25, 0.3) is 0 Å². The van der Waals surface area contributed by atoms with Crippen molar-refractivity contribution >= 4 is 18.1 Å². The van der Waals surface area contributed by atoms with Gasteiger partial charge in [-0.05, 0) is 12.1 Å². The third-order valence-corrected chi connectivity index (χ3v) is 2.84. The molecule has 2 aliphatic rings. The van der Waals surface area contributed by atoms with Crippen LogP contribution in [0.3, 0.4) is 0 Å². The zero-order valence-corrected chi connectivity index (χ0v) is 9.76. The average Bonchev–Trinajstić information content (AvgIpc) is 2.77. The standard InChI is InChI=1S/C11H14N2O2.ClH/c1-2-10-11(15-8-14-10)7-9(1)13-5-3-12-4-6-13;/h1-2,7,12H,3-6,8H2;1H. The minimum Gasteiger partial charge on any atom is -0.454 e. The molecule has 0 aliphatic carbocycles. The van der Waals surface area contributed by atoms with Crippen LogP contribution in [-0.2, 0) is 0 Å². The summed E-state index contributed by atoms with van der Waals surface area (Å²) in [6, 6.07) is 6.15. The molecule has 1 N–H and O–H groups in total. The summed E-state index contributed by atoms with van der Waals surface area (Å²) in [4.78, 5) is 2.36. The second-order valence-electron chi connectivity index (χ2n) is 3.77. The Morgan fingerprint density at radius 3 is 2.62 bits per heavy atom. The minimum absolute atomic E-state index is 0. The maximum absolute atomic E-state index is 5.37. The van der Waals surface area contributed by atoms with E-state index in [0.717, 1.165) is 37.7 Å². The zero-order valence-electron chi connectivity index (χ0n) is 8.94. The molecule has 0 spiro atoms. The van der Waals surface area contributed by atoms with E-state index in [1.165, 1.54) is 5.69 Å². The number of fused-ring (bicyclic) bond motifs is 1. The Morgan fingerprint density at radius 2 is 1.81 bits per heavy atom. The molecule has 3 rings (SSSR count). The lowest BCUT2D eigenvalue weighted by Crippen LogP contribution is -2.43. The van der Waals surface area contributed by atoms with Crippen molar-refractivity contribution in [2.24, 2.45) is 0 Å². The van der Waals surface area contributed by atoms with Crippen molar-refractivity contribution in [3.05, 3.63) is 18.2 Å². The van der Waals surface area contributed by atoms with Gasteiger partial charge in [-0.25, -0.2) is 0 Å². The summed E-state index contributed by atoms with van der Waals surface area (Å²) in [7, 11) is 0. The van der Waals surface area contributed by atoms with Gasteiger partial charge < -0.3 is 19.7 Å². The summed E-state index contributed by atoms with van der Waals surface area (Å²) in [5.74, 6) is 1.72. The van der Waals surface area contributed by atoms with Crippen molar-refractivity contribution < 1.29 is 9.47 Å². The zero-order chi connectivity index (χ0) is 10.1. The number of halogens is 1. The molecule has 0 bridgehead atoms. The normalized spacial score (nSPS) is 18.1. The summed E-state index contributed by atoms with van der Waals surface area (Å²) >= 11 is 0. The molecule has 1 aromatic rings. The highest BCUT2D eigenvalue weighted by Crippen LogP contribution is 2.35. The number of rotatable bonds is 1. The number of hydrogen-bond acceptors (Lipinski definition) is 4. The lowest BCUT2D eigenvalue weighted by atomic mass is 10.2. The Hall–Kier alpha value is -1.13. The van der Waals surface area contributed by atoms with Crippen molar-refractivity contribution in [1.82, 2.24) is 5.32 Å². The highest BCUT2D eigenvalue weighted by molar-refractivity contribution is 5.85. The van der Waals surface area contributed by atoms with Crippen LogP contribution >= 0.6 is 12.4 Å². The summed E-state index contributed by atoms with van der Waals surface area (Å²) in [6.07, 6.45) is 0. The van der Waals surface area contributed by atoms with Crippen LogP contribution in [0, 0.1) is 0 Å². The second kappa shape index (κ2) is 4.80. The van der Waals surface area contributed by atoms with Crippen LogP contribution in [0.2, 0.25) is 0 Å². The van der Waals surface area contributed by atoms with Gasteiger partial charge in [0.15, 0.2) is 11.5 Å². The second-order valence-corrected chi connectivity index (χ2v) is 3.77. The number of ether oxygens (including phenoxy) is 2. The first kappa shape index (κ1) is 11.4. The van der Waals surface area contributed by atoms with Crippen LogP contribution in [0.1, 0.15) is 0 Å². The molecule has 0 aromatic heterocycles. The van der Waals surface area contributed by atoms with Crippen molar-refractivity contribution in [1.29, 1.82) is 0 Å². The van der Waals surface area contributed by atoms with Crippen molar-refractivity contribution in [3.63, 3.8) is 0 Å². The Balaban J connectivity index is 0.000000963. The molecule has 88 valence electrons. The molecular weight excluding hydrogens is 228 g/mol. The molecule has 1 aromatic carbocycles. The molecule has 16 heavy (non-hydrogen) atoms. The maximum atomic E-state index is 5.37. The highest BCUT2D eigenvalue weighted by atomic mass is 35.5. The number of benzene rings is 1. The quantitative estimate of drug-likeness (QED) is 0.804. The maximum Gasteiger partial charge on any atom is 0.231 e. The van der Waals surface area contributed by atoms with Gasteiger partial charge in [-0.3, -0.25) is 0 Å². The van der Waals surface area contributed by atoms with Crippen LogP contribution in [0.15, 0.2) is 18.2 Å². The Morgan fingerprint density at radius 1 is 1.06 bits per heavy atom. The number of nitrogens with one attached hydrogen (secondary N) is 1. The molecule has 5 heteroatoms. The van der Waals surface area contributed by atoms with E-state index in [1.807, 2.05) is 6.07 Å². The third kappa shape index (κ3) is 2.03. The van der Waals surface area contributed by atoms with E-state index in [9.17, 15) is 0 Å². The first-order valence-corrected chi connectivity index (χ1v) is 5.29. The van der Waals surface area contributed by atoms with E-state index < -0.39 is 0 Å². The van der Waals surface area contributed by atoms with Gasteiger partial charge in [-0.15, -0.1) is 12.4 Å². The molecule has 0 radical (unpaired) electrons. The van der Waals surface area contributed by atoms with Gasteiger partial charge in [-0.2, -0.15) is 0 Å². The molecule has 0 saturated carbocycles. The summed E-state index contributed by atoms with van der Waals surface area (Å²) in [6.45, 7) is 4.56. The lowest BCUT2D eigenvalue weighted by molar-refractivity contribution is 0.174. The van der Waals surface area contributed by atoms with Crippen LogP contribution in [0.5, 0.6) is 11.5 Å². The molecule has 1 saturated heterocycles. The van der Waals surface area contributed by atoms with Gasteiger partial charge in [-0.1, -0.05) is 0 Å². The van der Waals surface area contributed by atoms with E-state index in [-0.39, 0.29) is 12.4 Å². The average molecular weight is 243 g/mol. The fourth-order valence-electron chi connectivity index (χ4n) is 2.00. The molecule has 4 nitrogen and oxygen atoms in total. The molecule has 0 unspecified atom stereocenters. The largest absolute Gasteiger partial charge is 0.454 e. The first-order chi connectivity index (χ1) is 7.43. The minimum atomic E-state index is 0. The van der Waals surface area contributed by atoms with Gasteiger partial charge in [0.2, 0.25) is 6.79 Å². The molecule has 0 amide bonds. The summed E-state index contributed by atoms with van der Waals surface area (Å²) in [5, 5.41) is 3.34. The van der Waals surface area contributed by atoms with Crippen LogP contribution in [0.4, 0.5) is 5.69 Å². The topological polar surface area (TPSA) is 33.7 Å². The fraction of sp³-hybridized carbons (Fsp3) is 0.455. The predicted molar refractivity (Wildman–Crippen MR) is 64.9 cm³/mol. The summed E-state index contributed by atoms with van der Waals surface area (Å²) < 4.78 is 10.7. The molecular formula is C11H15ClN2O2. The molecule has 2 heterocycles. The van der Waals surface area contributed by atoms with Crippen molar-refractivity contribution in [2.75, 3.05) is 37.9 Å². The smallest absolute Gasteiger partial charge is 0.231 e. The molecule has 2 aliphatic heterocycles. The lowest BCUT2D eigenvalue weighted by Gasteiger charge is -2.29. The van der Waals surface area contributed by atoms with Gasteiger partial charge in [0, 0.05) is 37.9 Å². The SMILES string of the molecule is Cl.c1cc2c(cc1N1CCNCC1)OCO2. The Kier molecular flexibility index (Phi) is 3.41.